The van der Waals surface area contributed by atoms with Gasteiger partial charge in [0.2, 0.25) is 0 Å². The molecule has 0 radical (unpaired) electrons. The van der Waals surface area contributed by atoms with Gasteiger partial charge in [0, 0.05) is 11.0 Å². The molecular formula is C15H20BrN. The van der Waals surface area contributed by atoms with Gasteiger partial charge < -0.3 is 4.90 Å². The van der Waals surface area contributed by atoms with Gasteiger partial charge in [0.1, 0.15) is 0 Å². The van der Waals surface area contributed by atoms with Crippen LogP contribution in [-0.2, 0) is 0 Å². The van der Waals surface area contributed by atoms with E-state index in [1.54, 1.807) is 0 Å². The first-order valence-corrected chi connectivity index (χ1v) is 7.20. The fourth-order valence-electron chi connectivity index (χ4n) is 2.28. The summed E-state index contributed by atoms with van der Waals surface area (Å²) in [5.41, 5.74) is 2.64. The van der Waals surface area contributed by atoms with Gasteiger partial charge in [-0.25, -0.2) is 0 Å². The Morgan fingerprint density at radius 3 is 2.82 bits per heavy atom. The summed E-state index contributed by atoms with van der Waals surface area (Å²) in [5, 5.41) is 0. The normalized spacial score (nSPS) is 17.1. The van der Waals surface area contributed by atoms with Crippen molar-refractivity contribution >= 4 is 22.0 Å². The Morgan fingerprint density at radius 2 is 2.06 bits per heavy atom. The van der Waals surface area contributed by atoms with E-state index in [4.69, 9.17) is 0 Å². The van der Waals surface area contributed by atoms with Gasteiger partial charge in [-0.2, -0.15) is 0 Å². The van der Waals surface area contributed by atoms with Gasteiger partial charge >= 0.3 is 0 Å². The van der Waals surface area contributed by atoms with Crippen molar-refractivity contribution in [3.05, 3.63) is 39.9 Å². The lowest BCUT2D eigenvalue weighted by atomic mass is 10.1. The second-order valence-corrected chi connectivity index (χ2v) is 5.55. The molecule has 1 aliphatic heterocycles. The molecule has 0 bridgehead atoms. The summed E-state index contributed by atoms with van der Waals surface area (Å²) in [6, 6.07) is 6.36. The van der Waals surface area contributed by atoms with E-state index < -0.39 is 0 Å². The Kier molecular flexibility index (Phi) is 4.81. The second-order valence-electron chi connectivity index (χ2n) is 4.69. The molecule has 2 heteroatoms. The van der Waals surface area contributed by atoms with E-state index in [0.717, 1.165) is 6.42 Å². The Labute approximate surface area is 113 Å². The van der Waals surface area contributed by atoms with Crippen molar-refractivity contribution in [2.75, 3.05) is 19.6 Å². The Hall–Kier alpha value is -0.600. The number of likely N-dealkylation sites (tertiary alicyclic amines) is 1. The average molecular weight is 294 g/mol. The molecule has 0 amide bonds. The summed E-state index contributed by atoms with van der Waals surface area (Å²) in [4.78, 5) is 2.55. The maximum absolute atomic E-state index is 3.57. The van der Waals surface area contributed by atoms with Gasteiger partial charge in [-0.1, -0.05) is 40.2 Å². The third-order valence-electron chi connectivity index (χ3n) is 3.42. The van der Waals surface area contributed by atoms with E-state index in [-0.39, 0.29) is 0 Å². The highest BCUT2D eigenvalue weighted by molar-refractivity contribution is 9.10. The van der Waals surface area contributed by atoms with E-state index in [2.05, 4.69) is 58.1 Å². The first-order chi connectivity index (χ1) is 8.27. The molecule has 2 rings (SSSR count). The molecule has 17 heavy (non-hydrogen) atoms. The highest BCUT2D eigenvalue weighted by atomic mass is 79.9. The molecule has 1 aliphatic rings. The number of benzene rings is 1. The minimum absolute atomic E-state index is 1.16. The van der Waals surface area contributed by atoms with Crippen LogP contribution in [0.1, 0.15) is 30.4 Å². The molecule has 92 valence electrons. The van der Waals surface area contributed by atoms with Crippen LogP contribution >= 0.6 is 15.9 Å². The maximum atomic E-state index is 3.57. The molecule has 1 saturated heterocycles. The quantitative estimate of drug-likeness (QED) is 0.802. The first-order valence-electron chi connectivity index (χ1n) is 6.41. The minimum Gasteiger partial charge on any atom is -0.303 e. The molecule has 1 fully saturated rings. The molecule has 0 aliphatic carbocycles. The van der Waals surface area contributed by atoms with Crippen molar-refractivity contribution in [1.82, 2.24) is 4.90 Å². The molecule has 0 unspecified atom stereocenters. The SMILES string of the molecule is Cc1c(Br)cccc1/C=C/CCN1CCCC1. The van der Waals surface area contributed by atoms with E-state index >= 15 is 0 Å². The predicted octanol–water partition coefficient (Wildman–Crippen LogP) is 4.26. The zero-order valence-electron chi connectivity index (χ0n) is 10.5. The molecule has 1 nitrogen and oxygen atoms in total. The van der Waals surface area contributed by atoms with Gasteiger partial charge in [-0.15, -0.1) is 0 Å². The van der Waals surface area contributed by atoms with Gasteiger partial charge in [0.05, 0.1) is 0 Å². The monoisotopic (exact) mass is 293 g/mol. The summed E-state index contributed by atoms with van der Waals surface area (Å²) in [5.74, 6) is 0. The van der Waals surface area contributed by atoms with Crippen molar-refractivity contribution < 1.29 is 0 Å². The Balaban J connectivity index is 1.85. The number of halogens is 1. The van der Waals surface area contributed by atoms with Crippen LogP contribution in [-0.4, -0.2) is 24.5 Å². The summed E-state index contributed by atoms with van der Waals surface area (Å²) >= 11 is 3.57. The first kappa shape index (κ1) is 12.8. The smallest absolute Gasteiger partial charge is 0.0210 e. The summed E-state index contributed by atoms with van der Waals surface area (Å²) < 4.78 is 1.19. The number of hydrogen-bond acceptors (Lipinski definition) is 1. The van der Waals surface area contributed by atoms with Crippen LogP contribution in [0.15, 0.2) is 28.7 Å². The third kappa shape index (κ3) is 3.68. The molecule has 0 saturated carbocycles. The summed E-state index contributed by atoms with van der Waals surface area (Å²) in [7, 11) is 0. The van der Waals surface area contributed by atoms with Gasteiger partial charge in [-0.05, 0) is 56.5 Å². The molecular weight excluding hydrogens is 274 g/mol. The predicted molar refractivity (Wildman–Crippen MR) is 78.2 cm³/mol. The number of rotatable bonds is 4. The Bertz CT molecular complexity index is 392. The van der Waals surface area contributed by atoms with Crippen molar-refractivity contribution in [1.29, 1.82) is 0 Å². The van der Waals surface area contributed by atoms with Crippen LogP contribution in [0.5, 0.6) is 0 Å². The molecule has 0 aromatic heterocycles. The average Bonchev–Trinajstić information content (AvgIpc) is 2.83. The van der Waals surface area contributed by atoms with E-state index in [9.17, 15) is 0 Å². The maximum Gasteiger partial charge on any atom is 0.0210 e. The molecule has 0 spiro atoms. The standard InChI is InChI=1S/C15H20BrN/c1-13-14(8-6-9-15(13)16)7-2-3-10-17-11-4-5-12-17/h2,6-9H,3-5,10-12H2,1H3/b7-2+. The number of nitrogens with zero attached hydrogens (tertiary/aromatic N) is 1. The van der Waals surface area contributed by atoms with Crippen molar-refractivity contribution in [2.45, 2.75) is 26.2 Å². The molecule has 1 aromatic rings. The molecule has 0 N–H and O–H groups in total. The van der Waals surface area contributed by atoms with Crippen LogP contribution in [0, 0.1) is 6.92 Å². The highest BCUT2D eigenvalue weighted by Gasteiger charge is 2.09. The van der Waals surface area contributed by atoms with Crippen LogP contribution in [0.3, 0.4) is 0 Å². The fourth-order valence-corrected chi connectivity index (χ4v) is 2.66. The van der Waals surface area contributed by atoms with E-state index in [1.807, 2.05) is 0 Å². The lowest BCUT2D eigenvalue weighted by Crippen LogP contribution is -2.19. The van der Waals surface area contributed by atoms with Gasteiger partial charge in [-0.3, -0.25) is 0 Å². The zero-order chi connectivity index (χ0) is 12.1. The molecule has 0 atom stereocenters. The second kappa shape index (κ2) is 6.36. The third-order valence-corrected chi connectivity index (χ3v) is 4.28. The highest BCUT2D eigenvalue weighted by Crippen LogP contribution is 2.20. The fraction of sp³-hybridized carbons (Fsp3) is 0.467. The lowest BCUT2D eigenvalue weighted by Gasteiger charge is -2.12. The zero-order valence-corrected chi connectivity index (χ0v) is 12.0. The van der Waals surface area contributed by atoms with Crippen molar-refractivity contribution in [2.24, 2.45) is 0 Å². The van der Waals surface area contributed by atoms with Crippen LogP contribution in [0.2, 0.25) is 0 Å². The van der Waals surface area contributed by atoms with E-state index in [0.29, 0.717) is 0 Å². The van der Waals surface area contributed by atoms with E-state index in [1.165, 1.54) is 48.1 Å². The number of hydrogen-bond donors (Lipinski definition) is 0. The van der Waals surface area contributed by atoms with Gasteiger partial charge in [0.15, 0.2) is 0 Å². The van der Waals surface area contributed by atoms with Gasteiger partial charge in [0.25, 0.3) is 0 Å². The topological polar surface area (TPSA) is 3.24 Å². The summed E-state index contributed by atoms with van der Waals surface area (Å²) in [6.45, 7) is 5.96. The summed E-state index contributed by atoms with van der Waals surface area (Å²) in [6.07, 6.45) is 8.47. The minimum atomic E-state index is 1.16. The van der Waals surface area contributed by atoms with Crippen LogP contribution < -0.4 is 0 Å². The van der Waals surface area contributed by atoms with Crippen LogP contribution in [0.4, 0.5) is 0 Å². The molecule has 1 heterocycles. The molecule has 1 aromatic carbocycles. The lowest BCUT2D eigenvalue weighted by molar-refractivity contribution is 0.346. The van der Waals surface area contributed by atoms with Crippen molar-refractivity contribution in [3.63, 3.8) is 0 Å². The Morgan fingerprint density at radius 1 is 1.29 bits per heavy atom. The van der Waals surface area contributed by atoms with Crippen molar-refractivity contribution in [3.8, 4) is 0 Å². The van der Waals surface area contributed by atoms with Crippen LogP contribution in [0.25, 0.3) is 6.08 Å². The largest absolute Gasteiger partial charge is 0.303 e.